The summed E-state index contributed by atoms with van der Waals surface area (Å²) in [6.45, 7) is 9.79. The van der Waals surface area contributed by atoms with E-state index in [0.717, 1.165) is 38.8 Å². The van der Waals surface area contributed by atoms with Crippen LogP contribution in [0.2, 0.25) is 0 Å². The number of carbonyl (C=O) groups is 1. The lowest BCUT2D eigenvalue weighted by molar-refractivity contribution is -0.138. The Morgan fingerprint density at radius 3 is 2.31 bits per heavy atom. The average Bonchev–Trinajstić information content (AvgIpc) is 2.68. The first-order chi connectivity index (χ1) is 13.8. The normalized spacial score (nSPS) is 20.6. The van der Waals surface area contributed by atoms with Crippen molar-refractivity contribution in [2.75, 3.05) is 13.2 Å². The zero-order valence-corrected chi connectivity index (χ0v) is 18.4. The second-order valence-corrected chi connectivity index (χ2v) is 9.31. The molecule has 0 bridgehead atoms. The van der Waals surface area contributed by atoms with E-state index in [1.54, 1.807) is 6.92 Å². The predicted molar refractivity (Wildman–Crippen MR) is 119 cm³/mol. The van der Waals surface area contributed by atoms with E-state index in [4.69, 9.17) is 4.74 Å². The van der Waals surface area contributed by atoms with Crippen LogP contribution >= 0.6 is 0 Å². The third kappa shape index (κ3) is 5.70. The number of carbonyl (C=O) groups excluding carboxylic acids is 1. The molecule has 3 rings (SSSR count). The molecule has 1 aliphatic rings. The summed E-state index contributed by atoms with van der Waals surface area (Å²) in [6, 6.07) is 21.7. The van der Waals surface area contributed by atoms with Gasteiger partial charge in [0.15, 0.2) is 0 Å². The molecular weight excluding hydrogens is 358 g/mol. The SMILES string of the molecule is CC(=O)N(CC[C@@](C)(Cc1ccccc1)c1ccccc1)[C@@H]1CCOC(C)(C)C1. The molecule has 0 N–H and O–H groups in total. The molecule has 3 nitrogen and oxygen atoms in total. The molecular formula is C26H35NO2. The highest BCUT2D eigenvalue weighted by Gasteiger charge is 2.35. The molecule has 1 saturated heterocycles. The maximum Gasteiger partial charge on any atom is 0.219 e. The summed E-state index contributed by atoms with van der Waals surface area (Å²) >= 11 is 0. The minimum Gasteiger partial charge on any atom is -0.375 e. The number of ether oxygens (including phenoxy) is 1. The average molecular weight is 394 g/mol. The molecule has 2 aromatic rings. The van der Waals surface area contributed by atoms with Crippen molar-refractivity contribution in [1.29, 1.82) is 0 Å². The molecule has 3 heteroatoms. The Bertz CT molecular complexity index is 787. The molecule has 0 aliphatic carbocycles. The Labute approximate surface area is 176 Å². The van der Waals surface area contributed by atoms with Crippen LogP contribution in [-0.4, -0.2) is 35.6 Å². The van der Waals surface area contributed by atoms with Crippen LogP contribution in [0, 0.1) is 0 Å². The summed E-state index contributed by atoms with van der Waals surface area (Å²) in [5.41, 5.74) is 2.47. The minimum atomic E-state index is -0.163. The number of amides is 1. The first kappa shape index (κ1) is 21.6. The highest BCUT2D eigenvalue weighted by molar-refractivity contribution is 5.73. The zero-order chi connectivity index (χ0) is 20.9. The zero-order valence-electron chi connectivity index (χ0n) is 18.4. The maximum absolute atomic E-state index is 12.6. The second-order valence-electron chi connectivity index (χ2n) is 9.31. The van der Waals surface area contributed by atoms with Gasteiger partial charge in [-0.2, -0.15) is 0 Å². The van der Waals surface area contributed by atoms with Crippen LogP contribution in [0.1, 0.15) is 58.1 Å². The lowest BCUT2D eigenvalue weighted by Gasteiger charge is -2.42. The molecule has 1 fully saturated rings. The lowest BCUT2D eigenvalue weighted by atomic mass is 9.74. The van der Waals surface area contributed by atoms with E-state index in [2.05, 4.69) is 86.3 Å². The summed E-state index contributed by atoms with van der Waals surface area (Å²) < 4.78 is 5.88. The van der Waals surface area contributed by atoms with Gasteiger partial charge in [0, 0.05) is 26.1 Å². The number of hydrogen-bond acceptors (Lipinski definition) is 2. The standard InChI is InChI=1S/C26H35NO2/c1-21(28)27(24-15-18-29-25(2,3)20-24)17-16-26(4,23-13-9-6-10-14-23)19-22-11-7-5-8-12-22/h5-14,24H,15-20H2,1-4H3/t24-,26+/m1/s1. The van der Waals surface area contributed by atoms with E-state index in [9.17, 15) is 4.79 Å². The number of nitrogens with zero attached hydrogens (tertiary/aromatic N) is 1. The summed E-state index contributed by atoms with van der Waals surface area (Å²) in [5, 5.41) is 0. The van der Waals surface area contributed by atoms with E-state index >= 15 is 0 Å². The molecule has 1 heterocycles. The summed E-state index contributed by atoms with van der Waals surface area (Å²) in [7, 11) is 0. The second kappa shape index (κ2) is 9.13. The number of rotatable bonds is 7. The molecule has 0 aromatic heterocycles. The van der Waals surface area contributed by atoms with Gasteiger partial charge in [-0.25, -0.2) is 0 Å². The van der Waals surface area contributed by atoms with Gasteiger partial charge in [0.05, 0.1) is 5.60 Å². The maximum atomic E-state index is 12.6. The largest absolute Gasteiger partial charge is 0.375 e. The molecule has 29 heavy (non-hydrogen) atoms. The van der Waals surface area contributed by atoms with E-state index in [1.165, 1.54) is 11.1 Å². The first-order valence-electron chi connectivity index (χ1n) is 10.8. The van der Waals surface area contributed by atoms with Crippen molar-refractivity contribution in [3.8, 4) is 0 Å². The van der Waals surface area contributed by atoms with Gasteiger partial charge in [-0.15, -0.1) is 0 Å². The van der Waals surface area contributed by atoms with Crippen LogP contribution in [-0.2, 0) is 21.4 Å². The Kier molecular flexibility index (Phi) is 6.79. The van der Waals surface area contributed by atoms with Crippen molar-refractivity contribution < 1.29 is 9.53 Å². The van der Waals surface area contributed by atoms with Gasteiger partial charge < -0.3 is 9.64 Å². The fraction of sp³-hybridized carbons (Fsp3) is 0.500. The molecule has 1 aliphatic heterocycles. The van der Waals surface area contributed by atoms with E-state index < -0.39 is 0 Å². The number of benzene rings is 2. The molecule has 0 unspecified atom stereocenters. The third-order valence-corrected chi connectivity index (χ3v) is 6.33. The van der Waals surface area contributed by atoms with Gasteiger partial charge in [-0.3, -0.25) is 4.79 Å². The lowest BCUT2D eigenvalue weighted by Crippen LogP contribution is -2.49. The van der Waals surface area contributed by atoms with Crippen LogP contribution in [0.3, 0.4) is 0 Å². The van der Waals surface area contributed by atoms with E-state index in [1.807, 2.05) is 0 Å². The van der Waals surface area contributed by atoms with Crippen LogP contribution < -0.4 is 0 Å². The molecule has 1 amide bonds. The van der Waals surface area contributed by atoms with Gasteiger partial charge in [0.25, 0.3) is 0 Å². The van der Waals surface area contributed by atoms with Crippen molar-refractivity contribution >= 4 is 5.91 Å². The van der Waals surface area contributed by atoms with Crippen molar-refractivity contribution in [2.45, 2.75) is 70.4 Å². The van der Waals surface area contributed by atoms with Crippen molar-refractivity contribution in [3.05, 3.63) is 71.8 Å². The van der Waals surface area contributed by atoms with Gasteiger partial charge >= 0.3 is 0 Å². The topological polar surface area (TPSA) is 29.5 Å². The van der Waals surface area contributed by atoms with E-state index in [0.29, 0.717) is 0 Å². The third-order valence-electron chi connectivity index (χ3n) is 6.33. The fourth-order valence-corrected chi connectivity index (χ4v) is 4.65. The number of hydrogen-bond donors (Lipinski definition) is 0. The molecule has 0 spiro atoms. The fourth-order valence-electron chi connectivity index (χ4n) is 4.65. The van der Waals surface area contributed by atoms with E-state index in [-0.39, 0.29) is 23.0 Å². The Hall–Kier alpha value is -2.13. The highest BCUT2D eigenvalue weighted by Crippen LogP contribution is 2.34. The molecule has 2 atom stereocenters. The van der Waals surface area contributed by atoms with Gasteiger partial charge in [-0.05, 0) is 56.1 Å². The minimum absolute atomic E-state index is 0.0308. The predicted octanol–water partition coefficient (Wildman–Crippen LogP) is 5.38. The Morgan fingerprint density at radius 1 is 1.10 bits per heavy atom. The summed E-state index contributed by atoms with van der Waals surface area (Å²) in [6.07, 6.45) is 3.71. The van der Waals surface area contributed by atoms with Crippen LogP contribution in [0.4, 0.5) is 0 Å². The van der Waals surface area contributed by atoms with Crippen molar-refractivity contribution in [3.63, 3.8) is 0 Å². The Morgan fingerprint density at radius 2 is 1.72 bits per heavy atom. The van der Waals surface area contributed by atoms with Gasteiger partial charge in [-0.1, -0.05) is 67.6 Å². The summed E-state index contributed by atoms with van der Waals surface area (Å²) in [4.78, 5) is 14.6. The molecule has 156 valence electrons. The smallest absolute Gasteiger partial charge is 0.219 e. The van der Waals surface area contributed by atoms with Crippen LogP contribution in [0.5, 0.6) is 0 Å². The first-order valence-corrected chi connectivity index (χ1v) is 10.8. The Balaban J connectivity index is 1.80. The quantitative estimate of drug-likeness (QED) is 0.632. The molecule has 2 aromatic carbocycles. The van der Waals surface area contributed by atoms with Gasteiger partial charge in [0.1, 0.15) is 0 Å². The van der Waals surface area contributed by atoms with Crippen LogP contribution in [0.15, 0.2) is 60.7 Å². The molecule has 0 radical (unpaired) electrons. The van der Waals surface area contributed by atoms with Crippen molar-refractivity contribution in [1.82, 2.24) is 4.90 Å². The molecule has 0 saturated carbocycles. The van der Waals surface area contributed by atoms with Crippen molar-refractivity contribution in [2.24, 2.45) is 0 Å². The van der Waals surface area contributed by atoms with Gasteiger partial charge in [0.2, 0.25) is 5.91 Å². The summed E-state index contributed by atoms with van der Waals surface area (Å²) in [5.74, 6) is 0.169. The monoisotopic (exact) mass is 393 g/mol. The highest BCUT2D eigenvalue weighted by atomic mass is 16.5. The van der Waals surface area contributed by atoms with Crippen LogP contribution in [0.25, 0.3) is 0 Å².